The van der Waals surface area contributed by atoms with E-state index >= 15 is 0 Å². The van der Waals surface area contributed by atoms with Gasteiger partial charge in [-0.25, -0.2) is 13.1 Å². The maximum absolute atomic E-state index is 11.7. The number of hydrogen-bond acceptors (Lipinski definition) is 3. The van der Waals surface area contributed by atoms with Crippen molar-refractivity contribution < 1.29 is 13.2 Å². The van der Waals surface area contributed by atoms with E-state index in [9.17, 15) is 8.42 Å². The van der Waals surface area contributed by atoms with E-state index in [1.165, 1.54) is 7.11 Å². The standard InChI is InChI=1S/C10H22ClNO3S/c1-10(2,3)9(5-6-11)12-16(13,14)8-7-15-4/h9,12H,5-8H2,1-4H3. The third kappa shape index (κ3) is 6.68. The van der Waals surface area contributed by atoms with E-state index in [2.05, 4.69) is 4.72 Å². The Labute approximate surface area is 104 Å². The molecule has 0 saturated carbocycles. The molecule has 1 unspecified atom stereocenters. The Balaban J connectivity index is 4.50. The van der Waals surface area contributed by atoms with Crippen molar-refractivity contribution in [2.75, 3.05) is 25.3 Å². The number of alkyl halides is 1. The average Bonchev–Trinajstić information content (AvgIpc) is 2.12. The molecule has 0 aliphatic heterocycles. The number of nitrogens with one attached hydrogen (secondary N) is 1. The van der Waals surface area contributed by atoms with Crippen molar-refractivity contribution in [3.8, 4) is 0 Å². The largest absolute Gasteiger partial charge is 0.384 e. The van der Waals surface area contributed by atoms with E-state index in [0.29, 0.717) is 12.3 Å². The van der Waals surface area contributed by atoms with E-state index < -0.39 is 10.0 Å². The molecule has 16 heavy (non-hydrogen) atoms. The predicted octanol–water partition coefficient (Wildman–Crippen LogP) is 1.60. The summed E-state index contributed by atoms with van der Waals surface area (Å²) in [6, 6.07) is -0.146. The molecule has 0 aromatic heterocycles. The van der Waals surface area contributed by atoms with E-state index in [4.69, 9.17) is 16.3 Å². The monoisotopic (exact) mass is 271 g/mol. The Bertz CT molecular complexity index is 285. The van der Waals surface area contributed by atoms with Gasteiger partial charge in [0.2, 0.25) is 10.0 Å². The van der Waals surface area contributed by atoms with E-state index in [-0.39, 0.29) is 23.8 Å². The van der Waals surface area contributed by atoms with Crippen molar-refractivity contribution in [3.63, 3.8) is 0 Å². The van der Waals surface area contributed by atoms with Crippen LogP contribution in [-0.2, 0) is 14.8 Å². The highest BCUT2D eigenvalue weighted by atomic mass is 35.5. The SMILES string of the molecule is COCCS(=O)(=O)NC(CCCl)C(C)(C)C. The fourth-order valence-electron chi connectivity index (χ4n) is 1.25. The zero-order valence-corrected chi connectivity index (χ0v) is 12.0. The Kier molecular flexibility index (Phi) is 6.86. The van der Waals surface area contributed by atoms with Gasteiger partial charge in [-0.2, -0.15) is 0 Å². The van der Waals surface area contributed by atoms with Crippen molar-refractivity contribution in [1.29, 1.82) is 0 Å². The topological polar surface area (TPSA) is 55.4 Å². The van der Waals surface area contributed by atoms with Crippen LogP contribution in [0.4, 0.5) is 0 Å². The Morgan fingerprint density at radius 3 is 2.31 bits per heavy atom. The van der Waals surface area contributed by atoms with Crippen molar-refractivity contribution in [3.05, 3.63) is 0 Å². The number of methoxy groups -OCH3 is 1. The molecule has 0 aromatic rings. The molecule has 0 spiro atoms. The van der Waals surface area contributed by atoms with Gasteiger partial charge in [-0.1, -0.05) is 20.8 Å². The van der Waals surface area contributed by atoms with Gasteiger partial charge in [-0.05, 0) is 11.8 Å². The molecule has 0 saturated heterocycles. The molecule has 0 fully saturated rings. The Morgan fingerprint density at radius 2 is 1.94 bits per heavy atom. The van der Waals surface area contributed by atoms with Crippen LogP contribution in [0, 0.1) is 5.41 Å². The number of sulfonamides is 1. The Hall–Kier alpha value is 0.160. The molecule has 0 rings (SSSR count). The van der Waals surface area contributed by atoms with Gasteiger partial charge in [0.05, 0.1) is 12.4 Å². The molecule has 0 aliphatic carbocycles. The summed E-state index contributed by atoms with van der Waals surface area (Å²) in [5.74, 6) is 0.424. The molecule has 1 N–H and O–H groups in total. The van der Waals surface area contributed by atoms with Gasteiger partial charge in [-0.3, -0.25) is 0 Å². The second-order valence-corrected chi connectivity index (χ2v) is 7.08. The molecule has 4 nitrogen and oxygen atoms in total. The number of hydrogen-bond donors (Lipinski definition) is 1. The minimum Gasteiger partial charge on any atom is -0.384 e. The Morgan fingerprint density at radius 1 is 1.38 bits per heavy atom. The molecule has 0 aromatic carbocycles. The first-order chi connectivity index (χ1) is 7.23. The maximum atomic E-state index is 11.7. The molecule has 0 heterocycles. The molecule has 0 radical (unpaired) electrons. The zero-order valence-electron chi connectivity index (χ0n) is 10.4. The second kappa shape index (κ2) is 6.79. The minimum absolute atomic E-state index is 0.0155. The number of ether oxygens (including phenoxy) is 1. The smallest absolute Gasteiger partial charge is 0.214 e. The first kappa shape index (κ1) is 16.2. The molecule has 0 bridgehead atoms. The fraction of sp³-hybridized carbons (Fsp3) is 1.00. The fourth-order valence-corrected chi connectivity index (χ4v) is 2.87. The lowest BCUT2D eigenvalue weighted by Crippen LogP contribution is -2.45. The first-order valence-corrected chi connectivity index (χ1v) is 7.46. The van der Waals surface area contributed by atoms with E-state index in [0.717, 1.165) is 0 Å². The van der Waals surface area contributed by atoms with E-state index in [1.807, 2.05) is 20.8 Å². The number of rotatable bonds is 7. The summed E-state index contributed by atoms with van der Waals surface area (Å²) in [5.41, 5.74) is -0.144. The molecule has 98 valence electrons. The van der Waals surface area contributed by atoms with Crippen LogP contribution in [0.3, 0.4) is 0 Å². The van der Waals surface area contributed by atoms with Gasteiger partial charge >= 0.3 is 0 Å². The summed E-state index contributed by atoms with van der Waals surface area (Å²) in [6.45, 7) is 6.17. The predicted molar refractivity (Wildman–Crippen MR) is 67.4 cm³/mol. The van der Waals surface area contributed by atoms with Gasteiger partial charge in [0, 0.05) is 19.0 Å². The second-order valence-electron chi connectivity index (χ2n) is 4.83. The van der Waals surface area contributed by atoms with Gasteiger partial charge in [-0.15, -0.1) is 11.6 Å². The van der Waals surface area contributed by atoms with Crippen molar-refractivity contribution in [1.82, 2.24) is 4.72 Å². The van der Waals surface area contributed by atoms with Crippen LogP contribution in [0.5, 0.6) is 0 Å². The molecular weight excluding hydrogens is 250 g/mol. The third-order valence-corrected chi connectivity index (χ3v) is 3.89. The first-order valence-electron chi connectivity index (χ1n) is 5.28. The third-order valence-electron chi connectivity index (χ3n) is 2.32. The normalized spacial score (nSPS) is 15.1. The van der Waals surface area contributed by atoms with Crippen LogP contribution in [0.15, 0.2) is 0 Å². The highest BCUT2D eigenvalue weighted by Gasteiger charge is 2.27. The van der Waals surface area contributed by atoms with E-state index in [1.54, 1.807) is 0 Å². The number of halogens is 1. The lowest BCUT2D eigenvalue weighted by atomic mass is 9.86. The summed E-state index contributed by atoms with van der Waals surface area (Å²) in [6.07, 6.45) is 0.622. The summed E-state index contributed by atoms with van der Waals surface area (Å²) >= 11 is 5.68. The van der Waals surface area contributed by atoms with Gasteiger partial charge in [0.1, 0.15) is 0 Å². The van der Waals surface area contributed by atoms with Crippen LogP contribution < -0.4 is 4.72 Å². The highest BCUT2D eigenvalue weighted by molar-refractivity contribution is 7.89. The van der Waals surface area contributed by atoms with Crippen molar-refractivity contribution in [2.45, 2.75) is 33.2 Å². The maximum Gasteiger partial charge on any atom is 0.214 e. The molecule has 0 amide bonds. The highest BCUT2D eigenvalue weighted by Crippen LogP contribution is 2.22. The zero-order chi connectivity index (χ0) is 12.8. The van der Waals surface area contributed by atoms with Crippen LogP contribution in [0.1, 0.15) is 27.2 Å². The lowest BCUT2D eigenvalue weighted by Gasteiger charge is -2.30. The molecule has 1 atom stereocenters. The summed E-state index contributed by atoms with van der Waals surface area (Å²) in [4.78, 5) is 0. The summed E-state index contributed by atoms with van der Waals surface area (Å²) in [7, 11) is -1.80. The minimum atomic E-state index is -3.28. The van der Waals surface area contributed by atoms with Crippen molar-refractivity contribution >= 4 is 21.6 Å². The molecule has 0 aliphatic rings. The van der Waals surface area contributed by atoms with Crippen LogP contribution in [0.2, 0.25) is 0 Å². The van der Waals surface area contributed by atoms with Gasteiger partial charge in [0.25, 0.3) is 0 Å². The molecular formula is C10H22ClNO3S. The van der Waals surface area contributed by atoms with Gasteiger partial charge < -0.3 is 4.74 Å². The van der Waals surface area contributed by atoms with Crippen LogP contribution in [-0.4, -0.2) is 39.8 Å². The van der Waals surface area contributed by atoms with Crippen molar-refractivity contribution in [2.24, 2.45) is 5.41 Å². The quantitative estimate of drug-likeness (QED) is 0.716. The lowest BCUT2D eigenvalue weighted by molar-refractivity contribution is 0.216. The van der Waals surface area contributed by atoms with Gasteiger partial charge in [0.15, 0.2) is 0 Å². The average molecular weight is 272 g/mol. The van der Waals surface area contributed by atoms with Crippen LogP contribution >= 0.6 is 11.6 Å². The van der Waals surface area contributed by atoms with Crippen LogP contribution in [0.25, 0.3) is 0 Å². The summed E-state index contributed by atoms with van der Waals surface area (Å²) < 4.78 is 30.8. The molecule has 6 heteroatoms. The summed E-state index contributed by atoms with van der Waals surface area (Å²) in [5, 5.41) is 0.